The van der Waals surface area contributed by atoms with E-state index in [4.69, 9.17) is 4.74 Å². The fraction of sp³-hybridized carbons (Fsp3) is 0.400. The van der Waals surface area contributed by atoms with Crippen LogP contribution in [0.2, 0.25) is 0 Å². The summed E-state index contributed by atoms with van der Waals surface area (Å²) in [6, 6.07) is 14.7. The summed E-state index contributed by atoms with van der Waals surface area (Å²) in [4.78, 5) is 0. The highest BCUT2D eigenvalue weighted by atomic mass is 19.1. The molecule has 2 aromatic rings. The summed E-state index contributed by atoms with van der Waals surface area (Å²) in [5.41, 5.74) is 2.53. The Hall–Kier alpha value is -1.87. The van der Waals surface area contributed by atoms with Crippen LogP contribution < -0.4 is 5.32 Å². The number of halogens is 1. The second-order valence-electron chi connectivity index (χ2n) is 6.32. The van der Waals surface area contributed by atoms with E-state index in [0.717, 1.165) is 30.7 Å². The Balaban J connectivity index is 2.00. The van der Waals surface area contributed by atoms with Crippen molar-refractivity contribution in [2.45, 2.75) is 40.2 Å². The van der Waals surface area contributed by atoms with Crippen LogP contribution >= 0.6 is 0 Å². The van der Waals surface area contributed by atoms with E-state index in [1.54, 1.807) is 6.07 Å². The van der Waals surface area contributed by atoms with Crippen molar-refractivity contribution in [1.82, 2.24) is 0 Å². The second kappa shape index (κ2) is 8.11. The zero-order valence-corrected chi connectivity index (χ0v) is 14.2. The Bertz CT molecular complexity index is 608. The quantitative estimate of drug-likeness (QED) is 0.653. The predicted octanol–water partition coefficient (Wildman–Crippen LogP) is 5.91. The van der Waals surface area contributed by atoms with E-state index in [1.165, 1.54) is 6.07 Å². The molecule has 0 aliphatic heterocycles. The summed E-state index contributed by atoms with van der Waals surface area (Å²) in [5.74, 6) is -0.260. The Labute approximate surface area is 138 Å². The minimum Gasteiger partial charge on any atom is -0.376 e. The Kier molecular flexibility index (Phi) is 6.17. The number of benzene rings is 2. The van der Waals surface area contributed by atoms with Crippen molar-refractivity contribution in [3.05, 3.63) is 59.9 Å². The monoisotopic (exact) mass is 315 g/mol. The van der Waals surface area contributed by atoms with Crippen LogP contribution in [0.1, 0.15) is 39.2 Å². The lowest BCUT2D eigenvalue weighted by molar-refractivity contribution is 0.0381. The van der Waals surface area contributed by atoms with Gasteiger partial charge in [0.2, 0.25) is 0 Å². The molecule has 3 heteroatoms. The smallest absolute Gasteiger partial charge is 0.146 e. The first kappa shape index (κ1) is 17.5. The first-order valence-electron chi connectivity index (χ1n) is 8.24. The fourth-order valence-electron chi connectivity index (χ4n) is 2.30. The topological polar surface area (TPSA) is 21.3 Å². The van der Waals surface area contributed by atoms with Crippen molar-refractivity contribution in [2.24, 2.45) is 5.41 Å². The van der Waals surface area contributed by atoms with Gasteiger partial charge in [-0.1, -0.05) is 45.0 Å². The van der Waals surface area contributed by atoms with Gasteiger partial charge in [-0.3, -0.25) is 0 Å². The predicted molar refractivity (Wildman–Crippen MR) is 94.5 cm³/mol. The molecule has 0 bridgehead atoms. The van der Waals surface area contributed by atoms with Gasteiger partial charge in [-0.05, 0) is 48.1 Å². The van der Waals surface area contributed by atoms with Gasteiger partial charge in [0.25, 0.3) is 0 Å². The van der Waals surface area contributed by atoms with Crippen molar-refractivity contribution < 1.29 is 9.13 Å². The van der Waals surface area contributed by atoms with Gasteiger partial charge in [-0.2, -0.15) is 0 Å². The van der Waals surface area contributed by atoms with E-state index >= 15 is 0 Å². The molecule has 0 spiro atoms. The molecule has 23 heavy (non-hydrogen) atoms. The third-order valence-electron chi connectivity index (χ3n) is 4.51. The maximum Gasteiger partial charge on any atom is 0.146 e. The molecule has 0 aliphatic rings. The van der Waals surface area contributed by atoms with Gasteiger partial charge in [-0.25, -0.2) is 4.39 Å². The van der Waals surface area contributed by atoms with Gasteiger partial charge in [0.05, 0.1) is 18.9 Å². The lowest BCUT2D eigenvalue weighted by atomic mass is 9.86. The van der Waals surface area contributed by atoms with E-state index in [-0.39, 0.29) is 11.2 Å². The van der Waals surface area contributed by atoms with Crippen LogP contribution in [0.25, 0.3) is 0 Å². The number of hydrogen-bond donors (Lipinski definition) is 1. The zero-order chi connectivity index (χ0) is 16.7. The maximum atomic E-state index is 14.0. The largest absolute Gasteiger partial charge is 0.376 e. The van der Waals surface area contributed by atoms with Gasteiger partial charge in [0.1, 0.15) is 5.82 Å². The second-order valence-corrected chi connectivity index (χ2v) is 6.32. The number of ether oxygens (including phenoxy) is 1. The van der Waals surface area contributed by atoms with Crippen LogP contribution in [-0.2, 0) is 11.3 Å². The van der Waals surface area contributed by atoms with Gasteiger partial charge in [0.15, 0.2) is 0 Å². The average Bonchev–Trinajstić information content (AvgIpc) is 2.58. The molecule has 0 aromatic heterocycles. The lowest BCUT2D eigenvalue weighted by Gasteiger charge is -2.26. The molecule has 0 atom stereocenters. The highest BCUT2D eigenvalue weighted by Crippen LogP contribution is 2.26. The minimum atomic E-state index is -0.260. The normalized spacial score (nSPS) is 11.5. The van der Waals surface area contributed by atoms with E-state index in [2.05, 4.69) is 26.1 Å². The molecule has 2 rings (SSSR count). The van der Waals surface area contributed by atoms with Crippen LogP contribution in [0.4, 0.5) is 15.8 Å². The van der Waals surface area contributed by atoms with E-state index in [9.17, 15) is 4.39 Å². The molecule has 0 fully saturated rings. The third kappa shape index (κ3) is 5.07. The van der Waals surface area contributed by atoms with Gasteiger partial charge in [-0.15, -0.1) is 0 Å². The summed E-state index contributed by atoms with van der Waals surface area (Å²) < 4.78 is 19.8. The molecular formula is C20H26FNO. The first-order valence-corrected chi connectivity index (χ1v) is 8.24. The Morgan fingerprint density at radius 2 is 1.74 bits per heavy atom. The fourth-order valence-corrected chi connectivity index (χ4v) is 2.30. The molecule has 0 heterocycles. The summed E-state index contributed by atoms with van der Waals surface area (Å²) in [7, 11) is 0. The molecule has 0 amide bonds. The van der Waals surface area contributed by atoms with Crippen LogP contribution in [0.3, 0.4) is 0 Å². The number of para-hydroxylation sites is 1. The van der Waals surface area contributed by atoms with Crippen molar-refractivity contribution in [3.8, 4) is 0 Å². The minimum absolute atomic E-state index is 0.213. The lowest BCUT2D eigenvalue weighted by Crippen LogP contribution is -2.21. The van der Waals surface area contributed by atoms with Crippen LogP contribution in [0, 0.1) is 11.2 Å². The summed E-state index contributed by atoms with van der Waals surface area (Å²) in [6.07, 6.45) is 2.18. The van der Waals surface area contributed by atoms with Crippen LogP contribution in [-0.4, -0.2) is 6.61 Å². The molecule has 0 radical (unpaired) electrons. The standard InChI is InChI=1S/C20H26FNO/c1-4-20(3,5-2)15-23-14-16-11-12-18(21)19(13-16)22-17-9-7-6-8-10-17/h6-13,22H,4-5,14-15H2,1-3H3. The molecule has 2 aromatic carbocycles. The van der Waals surface area contributed by atoms with Crippen molar-refractivity contribution in [3.63, 3.8) is 0 Å². The van der Waals surface area contributed by atoms with Gasteiger partial charge in [0, 0.05) is 5.69 Å². The molecule has 0 unspecified atom stereocenters. The van der Waals surface area contributed by atoms with E-state index in [0.29, 0.717) is 12.3 Å². The number of hydrogen-bond acceptors (Lipinski definition) is 2. The molecule has 2 nitrogen and oxygen atoms in total. The first-order chi connectivity index (χ1) is 11.1. The van der Waals surface area contributed by atoms with E-state index in [1.807, 2.05) is 36.4 Å². The maximum absolute atomic E-state index is 14.0. The summed E-state index contributed by atoms with van der Waals surface area (Å²) in [6.45, 7) is 7.83. The molecule has 1 N–H and O–H groups in total. The van der Waals surface area contributed by atoms with Gasteiger partial charge >= 0.3 is 0 Å². The van der Waals surface area contributed by atoms with Crippen molar-refractivity contribution in [1.29, 1.82) is 0 Å². The number of nitrogens with one attached hydrogen (secondary N) is 1. The summed E-state index contributed by atoms with van der Waals surface area (Å²) in [5, 5.41) is 3.11. The third-order valence-corrected chi connectivity index (χ3v) is 4.51. The van der Waals surface area contributed by atoms with Gasteiger partial charge < -0.3 is 10.1 Å². The van der Waals surface area contributed by atoms with Crippen LogP contribution in [0.15, 0.2) is 48.5 Å². The van der Waals surface area contributed by atoms with Crippen molar-refractivity contribution >= 4 is 11.4 Å². The zero-order valence-electron chi connectivity index (χ0n) is 14.2. The molecule has 124 valence electrons. The molecule has 0 saturated heterocycles. The SMILES string of the molecule is CCC(C)(CC)COCc1ccc(F)c(Nc2ccccc2)c1. The van der Waals surface area contributed by atoms with E-state index < -0.39 is 0 Å². The number of anilines is 2. The molecule has 0 saturated carbocycles. The molecule has 0 aliphatic carbocycles. The molecular weight excluding hydrogens is 289 g/mol. The van der Waals surface area contributed by atoms with Crippen LogP contribution in [0.5, 0.6) is 0 Å². The number of rotatable bonds is 8. The van der Waals surface area contributed by atoms with Crippen molar-refractivity contribution in [2.75, 3.05) is 11.9 Å². The summed E-state index contributed by atoms with van der Waals surface area (Å²) >= 11 is 0. The Morgan fingerprint density at radius 1 is 1.04 bits per heavy atom. The average molecular weight is 315 g/mol. The highest BCUT2D eigenvalue weighted by molar-refractivity contribution is 5.60. The Morgan fingerprint density at radius 3 is 2.39 bits per heavy atom. The highest BCUT2D eigenvalue weighted by Gasteiger charge is 2.19.